The van der Waals surface area contributed by atoms with E-state index in [2.05, 4.69) is 10.6 Å². The van der Waals surface area contributed by atoms with Crippen molar-refractivity contribution in [1.29, 1.82) is 0 Å². The molecule has 6 atom stereocenters. The number of ketones is 1. The van der Waals surface area contributed by atoms with Gasteiger partial charge in [0.2, 0.25) is 18.1 Å². The topological polar surface area (TPSA) is 265 Å². The molecule has 0 saturated carbocycles. The van der Waals surface area contributed by atoms with Gasteiger partial charge in [-0.1, -0.05) is 0 Å². The number of aliphatic hydroxyl groups is 8. The Kier molecular flexibility index (Phi) is 25.6. The van der Waals surface area contributed by atoms with Gasteiger partial charge in [0.1, 0.15) is 18.0 Å². The number of ether oxygens (including phenoxy) is 3. The third-order valence-electron chi connectivity index (χ3n) is 6.56. The standard InChI is InChI=1S/C29H54N2O14/c1-20(36)22(31-27(41)10-4-6-14-43-28(19-35)45-25(18-34)24(39)17-33)8-2-5-12-30-26(40)9-3-7-15-44-29(42)23(38)16-21(37)11-13-32/h16,21-22,24-25,28-29,32-35,37-39,42H,2-15,17-19H2,1H3,(H,30,40)(H,31,41)/b23-16-. The number of hydrogen-bond donors (Lipinski definition) is 10. The molecule has 16 heteroatoms. The van der Waals surface area contributed by atoms with Crippen molar-refractivity contribution in [3.8, 4) is 0 Å². The van der Waals surface area contributed by atoms with Crippen LogP contribution in [0.5, 0.6) is 0 Å². The largest absolute Gasteiger partial charge is 0.507 e. The zero-order chi connectivity index (χ0) is 34.0. The average Bonchev–Trinajstić information content (AvgIpc) is 3.00. The molecule has 0 heterocycles. The lowest BCUT2D eigenvalue weighted by atomic mass is 10.1. The molecule has 10 N–H and O–H groups in total. The quantitative estimate of drug-likeness (QED) is 0.0244. The zero-order valence-electron chi connectivity index (χ0n) is 26.1. The van der Waals surface area contributed by atoms with Crippen molar-refractivity contribution >= 4 is 17.6 Å². The van der Waals surface area contributed by atoms with E-state index in [1.165, 1.54) is 6.92 Å². The first-order valence-corrected chi connectivity index (χ1v) is 15.3. The van der Waals surface area contributed by atoms with Gasteiger partial charge in [-0.3, -0.25) is 14.4 Å². The molecule has 0 aliphatic rings. The van der Waals surface area contributed by atoms with Gasteiger partial charge in [-0.15, -0.1) is 0 Å². The molecule has 0 saturated heterocycles. The van der Waals surface area contributed by atoms with Crippen molar-refractivity contribution < 1.29 is 69.4 Å². The number of aliphatic hydroxyl groups excluding tert-OH is 8. The molecular formula is C29H54N2O14. The number of Topliss-reactive ketones (excluding diaryl/α,β-unsaturated/α-hetero) is 1. The molecule has 0 aliphatic carbocycles. The summed E-state index contributed by atoms with van der Waals surface area (Å²) in [6.07, 6.45) is -1.49. The second-order valence-electron chi connectivity index (χ2n) is 10.5. The summed E-state index contributed by atoms with van der Waals surface area (Å²) >= 11 is 0. The maximum atomic E-state index is 12.3. The van der Waals surface area contributed by atoms with Crippen LogP contribution in [0.3, 0.4) is 0 Å². The third kappa shape index (κ3) is 22.0. The maximum Gasteiger partial charge on any atom is 0.220 e. The Bertz CT molecular complexity index is 831. The van der Waals surface area contributed by atoms with Gasteiger partial charge in [0.15, 0.2) is 12.1 Å². The first-order chi connectivity index (χ1) is 21.5. The second kappa shape index (κ2) is 26.9. The van der Waals surface area contributed by atoms with Crippen LogP contribution in [0.2, 0.25) is 0 Å². The molecule has 0 spiro atoms. The van der Waals surface area contributed by atoms with Gasteiger partial charge in [0.05, 0.1) is 38.6 Å². The summed E-state index contributed by atoms with van der Waals surface area (Å²) in [4.78, 5) is 36.3. The van der Waals surface area contributed by atoms with Gasteiger partial charge in [0.25, 0.3) is 0 Å². The van der Waals surface area contributed by atoms with Crippen molar-refractivity contribution in [2.45, 2.75) is 108 Å². The van der Waals surface area contributed by atoms with Gasteiger partial charge in [-0.25, -0.2) is 0 Å². The van der Waals surface area contributed by atoms with Crippen LogP contribution in [0.25, 0.3) is 0 Å². The minimum Gasteiger partial charge on any atom is -0.507 e. The summed E-state index contributed by atoms with van der Waals surface area (Å²) in [5, 5.41) is 80.1. The highest BCUT2D eigenvalue weighted by Crippen LogP contribution is 2.09. The number of rotatable bonds is 29. The molecule has 0 radical (unpaired) electrons. The Hall–Kier alpha value is -2.25. The number of carbonyl (C=O) groups is 3. The first kappa shape index (κ1) is 42.8. The number of unbranched alkanes of at least 4 members (excludes halogenated alkanes) is 3. The third-order valence-corrected chi connectivity index (χ3v) is 6.56. The van der Waals surface area contributed by atoms with Crippen molar-refractivity contribution in [3.63, 3.8) is 0 Å². The fourth-order valence-electron chi connectivity index (χ4n) is 3.90. The lowest BCUT2D eigenvalue weighted by Crippen LogP contribution is -2.40. The van der Waals surface area contributed by atoms with Crippen molar-refractivity contribution in [2.24, 2.45) is 0 Å². The van der Waals surface area contributed by atoms with E-state index in [9.17, 15) is 45.0 Å². The van der Waals surface area contributed by atoms with Crippen LogP contribution in [0, 0.1) is 0 Å². The van der Waals surface area contributed by atoms with Gasteiger partial charge in [-0.2, -0.15) is 0 Å². The van der Waals surface area contributed by atoms with E-state index in [0.717, 1.165) is 6.08 Å². The monoisotopic (exact) mass is 654 g/mol. The molecule has 0 aromatic heterocycles. The predicted octanol–water partition coefficient (Wildman–Crippen LogP) is -1.73. The molecule has 2 amide bonds. The van der Waals surface area contributed by atoms with Crippen LogP contribution in [-0.4, -0.2) is 142 Å². The number of carbonyl (C=O) groups excluding carboxylic acids is 3. The molecule has 45 heavy (non-hydrogen) atoms. The maximum absolute atomic E-state index is 12.3. The van der Waals surface area contributed by atoms with Crippen molar-refractivity contribution in [1.82, 2.24) is 10.6 Å². The highest BCUT2D eigenvalue weighted by Gasteiger charge is 2.23. The SMILES string of the molecule is CC(=O)C(CCCCNC(=O)CCCCOC(O)/C(O)=C/C(O)CCO)NC(=O)CCCCOC(CO)OC(CO)C(O)CO. The molecular weight excluding hydrogens is 600 g/mol. The Labute approximate surface area is 264 Å². The highest BCUT2D eigenvalue weighted by molar-refractivity contribution is 5.87. The molecule has 0 aromatic carbocycles. The number of amides is 2. The molecule has 0 fully saturated rings. The average molecular weight is 655 g/mol. The van der Waals surface area contributed by atoms with Crippen LogP contribution < -0.4 is 10.6 Å². The molecule has 6 unspecified atom stereocenters. The lowest BCUT2D eigenvalue weighted by molar-refractivity contribution is -0.217. The van der Waals surface area contributed by atoms with Gasteiger partial charge >= 0.3 is 0 Å². The van der Waals surface area contributed by atoms with Gasteiger partial charge in [-0.05, 0) is 57.9 Å². The van der Waals surface area contributed by atoms with Crippen LogP contribution in [0.1, 0.15) is 71.1 Å². The summed E-state index contributed by atoms with van der Waals surface area (Å²) in [7, 11) is 0. The van der Waals surface area contributed by atoms with Crippen LogP contribution in [-0.2, 0) is 28.6 Å². The van der Waals surface area contributed by atoms with E-state index in [4.69, 9.17) is 24.4 Å². The summed E-state index contributed by atoms with van der Waals surface area (Å²) in [5.74, 6) is -1.20. The minimum atomic E-state index is -1.61. The molecule has 0 aromatic rings. The van der Waals surface area contributed by atoms with Gasteiger partial charge in [0, 0.05) is 39.0 Å². The van der Waals surface area contributed by atoms with Crippen molar-refractivity contribution in [3.05, 3.63) is 11.8 Å². The molecule has 0 rings (SSSR count). The van der Waals surface area contributed by atoms with Gasteiger partial charge < -0.3 is 65.7 Å². The van der Waals surface area contributed by atoms with E-state index >= 15 is 0 Å². The van der Waals surface area contributed by atoms with E-state index in [1.807, 2.05) is 0 Å². The normalized spacial score (nSPS) is 16.0. The van der Waals surface area contributed by atoms with Crippen LogP contribution in [0.4, 0.5) is 0 Å². The minimum absolute atomic E-state index is 0.0138. The van der Waals surface area contributed by atoms with E-state index < -0.39 is 62.5 Å². The number of hydrogen-bond acceptors (Lipinski definition) is 14. The molecule has 16 nitrogen and oxygen atoms in total. The fraction of sp³-hybridized carbons (Fsp3) is 0.828. The number of nitrogens with one attached hydrogen (secondary N) is 2. The summed E-state index contributed by atoms with van der Waals surface area (Å²) in [6.45, 7) is -0.00926. The molecule has 264 valence electrons. The Morgan fingerprint density at radius 1 is 0.778 bits per heavy atom. The summed E-state index contributed by atoms with van der Waals surface area (Å²) in [6, 6.07) is -0.646. The smallest absolute Gasteiger partial charge is 0.220 e. The lowest BCUT2D eigenvalue weighted by Gasteiger charge is -2.25. The van der Waals surface area contributed by atoms with E-state index in [1.54, 1.807) is 0 Å². The molecule has 0 bridgehead atoms. The van der Waals surface area contributed by atoms with E-state index in [0.29, 0.717) is 51.5 Å². The second-order valence-corrected chi connectivity index (χ2v) is 10.5. The van der Waals surface area contributed by atoms with Crippen molar-refractivity contribution in [2.75, 3.05) is 46.2 Å². The molecule has 0 aliphatic heterocycles. The van der Waals surface area contributed by atoms with E-state index in [-0.39, 0.29) is 56.7 Å². The summed E-state index contributed by atoms with van der Waals surface area (Å²) in [5.41, 5.74) is 0. The van der Waals surface area contributed by atoms with Crippen LogP contribution in [0.15, 0.2) is 11.8 Å². The Morgan fingerprint density at radius 2 is 1.42 bits per heavy atom. The fourth-order valence-corrected chi connectivity index (χ4v) is 3.90. The first-order valence-electron chi connectivity index (χ1n) is 15.3. The predicted molar refractivity (Wildman–Crippen MR) is 159 cm³/mol. The summed E-state index contributed by atoms with van der Waals surface area (Å²) < 4.78 is 15.6. The zero-order valence-corrected chi connectivity index (χ0v) is 26.1. The highest BCUT2D eigenvalue weighted by atomic mass is 16.7. The Morgan fingerprint density at radius 3 is 2.00 bits per heavy atom. The Balaban J connectivity index is 4.08. The van der Waals surface area contributed by atoms with Crippen LogP contribution >= 0.6 is 0 Å².